The van der Waals surface area contributed by atoms with E-state index >= 15 is 0 Å². The van der Waals surface area contributed by atoms with Crippen LogP contribution in [0.5, 0.6) is 5.75 Å². The summed E-state index contributed by atoms with van der Waals surface area (Å²) in [6.07, 6.45) is -0.315. The Morgan fingerprint density at radius 1 is 1.15 bits per heavy atom. The van der Waals surface area contributed by atoms with Gasteiger partial charge >= 0.3 is 0 Å². The van der Waals surface area contributed by atoms with Crippen molar-refractivity contribution in [3.63, 3.8) is 0 Å². The van der Waals surface area contributed by atoms with Gasteiger partial charge in [0.15, 0.2) is 17.3 Å². The van der Waals surface area contributed by atoms with Crippen molar-refractivity contribution in [3.8, 4) is 5.75 Å². The van der Waals surface area contributed by atoms with Gasteiger partial charge in [-0.1, -0.05) is 20.8 Å². The van der Waals surface area contributed by atoms with Gasteiger partial charge in [-0.05, 0) is 60.3 Å². The van der Waals surface area contributed by atoms with Gasteiger partial charge in [-0.25, -0.2) is 0 Å². The summed E-state index contributed by atoms with van der Waals surface area (Å²) in [6.45, 7) is 5.87. The number of ketones is 3. The van der Waals surface area contributed by atoms with Crippen LogP contribution in [-0.2, 0) is 21.4 Å². The van der Waals surface area contributed by atoms with Gasteiger partial charge in [-0.15, -0.1) is 9.81 Å². The average molecular weight is 553 g/mol. The lowest BCUT2D eigenvalue weighted by Gasteiger charge is -2.45. The van der Waals surface area contributed by atoms with E-state index in [9.17, 15) is 39.2 Å². The predicted octanol–water partition coefficient (Wildman–Crippen LogP) is 2.99. The molecule has 1 aromatic rings. The lowest BCUT2D eigenvalue weighted by molar-refractivity contribution is -0.123. The van der Waals surface area contributed by atoms with Crippen LogP contribution in [0.1, 0.15) is 71.9 Å². The maximum atomic E-state index is 14.1. The molecule has 0 spiro atoms. The molecule has 40 heavy (non-hydrogen) atoms. The molecule has 3 aliphatic rings. The Morgan fingerprint density at radius 2 is 1.80 bits per heavy atom. The van der Waals surface area contributed by atoms with E-state index in [0.29, 0.717) is 17.7 Å². The molecule has 3 atom stereocenters. The predicted molar refractivity (Wildman–Crippen MR) is 144 cm³/mol. The van der Waals surface area contributed by atoms with Crippen LogP contribution in [0.15, 0.2) is 39.0 Å². The number of phenols is 1. The third kappa shape index (κ3) is 4.17. The first-order chi connectivity index (χ1) is 18.6. The Labute approximate surface area is 230 Å². The van der Waals surface area contributed by atoms with Gasteiger partial charge < -0.3 is 20.8 Å². The second-order valence-electron chi connectivity index (χ2n) is 12.0. The van der Waals surface area contributed by atoms with E-state index in [1.165, 1.54) is 0 Å². The number of aliphatic hydroxyl groups excluding tert-OH is 1. The Morgan fingerprint density at radius 3 is 2.33 bits per heavy atom. The number of Topliss-reactive ketones (excluding diaryl/α,β-unsaturated/α-hetero) is 3. The van der Waals surface area contributed by atoms with E-state index in [-0.39, 0.29) is 47.5 Å². The fraction of sp³-hybridized carbons (Fsp3) is 0.500. The molecule has 0 unspecified atom stereocenters. The van der Waals surface area contributed by atoms with Crippen molar-refractivity contribution in [1.29, 1.82) is 0 Å². The quantitative estimate of drug-likeness (QED) is 0.259. The van der Waals surface area contributed by atoms with Crippen LogP contribution in [0.2, 0.25) is 0 Å². The van der Waals surface area contributed by atoms with Crippen LogP contribution < -0.4 is 5.73 Å². The third-order valence-corrected chi connectivity index (χ3v) is 8.20. The summed E-state index contributed by atoms with van der Waals surface area (Å²) in [7, 11) is 3.64. The molecule has 12 nitrogen and oxygen atoms in total. The number of nitroso groups, excluding NO2 is 2. The molecule has 0 bridgehead atoms. The van der Waals surface area contributed by atoms with Gasteiger partial charge in [0.25, 0.3) is 5.91 Å². The summed E-state index contributed by atoms with van der Waals surface area (Å²) in [5.41, 5.74) is 1.02. The Balaban J connectivity index is 2.03. The SMILES string of the molecule is CN(C)CCC(=O)c1cc(C(C)(C)C)c(O)c2c1C[C@H]1C[C@H]3CC(=O)C(C(N)=O)=C(O)[C@@]3(N=O)C(N=O)=C1C2=O. The van der Waals surface area contributed by atoms with Crippen LogP contribution in [-0.4, -0.2) is 64.5 Å². The largest absolute Gasteiger partial charge is 0.508 e. The number of benzene rings is 1. The summed E-state index contributed by atoms with van der Waals surface area (Å²) in [6, 6.07) is 1.60. The summed E-state index contributed by atoms with van der Waals surface area (Å²) >= 11 is 0. The lowest BCUT2D eigenvalue weighted by Crippen LogP contribution is -2.52. The number of carbonyl (C=O) groups excluding carboxylic acids is 4. The first-order valence-corrected chi connectivity index (χ1v) is 12.9. The van der Waals surface area contributed by atoms with Gasteiger partial charge in [-0.3, -0.25) is 19.2 Å². The summed E-state index contributed by atoms with van der Waals surface area (Å²) in [5, 5.41) is 28.3. The zero-order valence-corrected chi connectivity index (χ0v) is 23.0. The van der Waals surface area contributed by atoms with E-state index in [1.807, 2.05) is 19.0 Å². The fourth-order valence-electron chi connectivity index (χ4n) is 6.25. The van der Waals surface area contributed by atoms with E-state index in [2.05, 4.69) is 10.4 Å². The average Bonchev–Trinajstić information content (AvgIpc) is 2.85. The number of carbonyl (C=O) groups is 4. The number of hydrogen-bond acceptors (Lipinski definition) is 11. The smallest absolute Gasteiger partial charge is 0.255 e. The third-order valence-electron chi connectivity index (χ3n) is 8.20. The molecule has 4 N–H and O–H groups in total. The number of allylic oxidation sites excluding steroid dienone is 1. The van der Waals surface area contributed by atoms with E-state index in [0.717, 1.165) is 0 Å². The molecule has 1 aromatic carbocycles. The lowest BCUT2D eigenvalue weighted by atomic mass is 9.58. The van der Waals surface area contributed by atoms with Crippen molar-refractivity contribution >= 4 is 23.3 Å². The molecule has 0 saturated carbocycles. The number of phenolic OH excluding ortho intramolecular Hbond substituents is 1. The molecule has 12 heteroatoms. The van der Waals surface area contributed by atoms with Crippen molar-refractivity contribution < 1.29 is 29.4 Å². The second kappa shape index (κ2) is 9.84. The van der Waals surface area contributed by atoms with Crippen LogP contribution in [0.4, 0.5) is 0 Å². The summed E-state index contributed by atoms with van der Waals surface area (Å²) in [5.74, 6) is -6.54. The highest BCUT2D eigenvalue weighted by Crippen LogP contribution is 2.56. The van der Waals surface area contributed by atoms with Gasteiger partial charge in [0.2, 0.25) is 5.54 Å². The van der Waals surface area contributed by atoms with Crippen LogP contribution in [0.3, 0.4) is 0 Å². The number of hydrogen-bond donors (Lipinski definition) is 3. The molecule has 0 aromatic heterocycles. The molecule has 212 valence electrons. The monoisotopic (exact) mass is 552 g/mol. The van der Waals surface area contributed by atoms with Crippen LogP contribution >= 0.6 is 0 Å². The van der Waals surface area contributed by atoms with Crippen LogP contribution in [0, 0.1) is 21.6 Å². The Bertz CT molecular complexity index is 1450. The molecule has 1 amide bonds. The van der Waals surface area contributed by atoms with Gasteiger partial charge in [0.1, 0.15) is 22.8 Å². The molecular formula is C28H32N4O8. The topological polar surface area (TPSA) is 197 Å². The second-order valence-corrected chi connectivity index (χ2v) is 12.0. The normalized spacial score (nSPS) is 24.4. The van der Waals surface area contributed by atoms with Gasteiger partial charge in [-0.2, -0.15) is 0 Å². The van der Waals surface area contributed by atoms with Crippen molar-refractivity contribution in [1.82, 2.24) is 4.90 Å². The number of nitrogens with zero attached hydrogens (tertiary/aromatic N) is 3. The minimum absolute atomic E-state index is 0.0310. The van der Waals surface area contributed by atoms with Crippen molar-refractivity contribution in [3.05, 3.63) is 60.7 Å². The van der Waals surface area contributed by atoms with E-state index in [4.69, 9.17) is 5.73 Å². The molecule has 4 rings (SSSR count). The number of aliphatic hydroxyl groups is 1. The van der Waals surface area contributed by atoms with Crippen molar-refractivity contribution in [2.45, 2.75) is 57.4 Å². The number of nitrogens with two attached hydrogens (primary N) is 1. The molecule has 0 heterocycles. The number of rotatable bonds is 7. The first-order valence-electron chi connectivity index (χ1n) is 12.9. The minimum Gasteiger partial charge on any atom is -0.508 e. The zero-order valence-electron chi connectivity index (χ0n) is 23.0. The minimum atomic E-state index is -2.47. The standard InChI is InChI=1S/C28H32N4O8/c1-27(2,3)16-11-14(17(33)6-7-32(4)5)15-9-12-8-13-10-18(34)21(26(29)38)25(37)28(13,31-40)24(30-39)19(12)23(36)20(15)22(16)35/h11-13,35,37H,6-10H2,1-5H3,(H2,29,38)/t12-,13+,28+/m1/s1. The van der Waals surface area contributed by atoms with E-state index < -0.39 is 63.7 Å². The number of aromatic hydroxyl groups is 1. The molecule has 0 aliphatic heterocycles. The van der Waals surface area contributed by atoms with Crippen molar-refractivity contribution in [2.75, 3.05) is 20.6 Å². The molecule has 0 saturated heterocycles. The first kappa shape index (κ1) is 28.9. The maximum absolute atomic E-state index is 14.1. The Hall–Kier alpha value is -4.06. The Kier molecular flexibility index (Phi) is 7.12. The van der Waals surface area contributed by atoms with Crippen molar-refractivity contribution in [2.24, 2.45) is 27.9 Å². The van der Waals surface area contributed by atoms with Gasteiger partial charge in [0.05, 0.1) is 5.56 Å². The highest BCUT2D eigenvalue weighted by molar-refractivity contribution is 6.21. The number of fused-ring (bicyclic) bond motifs is 3. The zero-order chi connectivity index (χ0) is 29.9. The highest BCUT2D eigenvalue weighted by atomic mass is 16.3. The van der Waals surface area contributed by atoms with E-state index in [1.54, 1.807) is 26.8 Å². The molecule has 0 fully saturated rings. The summed E-state index contributed by atoms with van der Waals surface area (Å²) < 4.78 is 0. The van der Waals surface area contributed by atoms with Gasteiger partial charge in [0, 0.05) is 42.0 Å². The fourth-order valence-corrected chi connectivity index (χ4v) is 6.25. The number of primary amides is 1. The number of amides is 1. The summed E-state index contributed by atoms with van der Waals surface area (Å²) in [4.78, 5) is 78.8. The van der Waals surface area contributed by atoms with Crippen LogP contribution in [0.25, 0.3) is 0 Å². The molecule has 3 aliphatic carbocycles. The molecular weight excluding hydrogens is 520 g/mol. The maximum Gasteiger partial charge on any atom is 0.255 e. The highest BCUT2D eigenvalue weighted by Gasteiger charge is 2.61. The molecule has 0 radical (unpaired) electrons.